The van der Waals surface area contributed by atoms with E-state index in [1.54, 1.807) is 0 Å². The molecular weight excluding hydrogens is 354 g/mol. The van der Waals surface area contributed by atoms with Crippen molar-refractivity contribution in [2.45, 2.75) is 12.5 Å². The van der Waals surface area contributed by atoms with Crippen LogP contribution in [0.4, 0.5) is 5.82 Å². The summed E-state index contributed by atoms with van der Waals surface area (Å²) in [6.07, 6.45) is 2.21. The summed E-state index contributed by atoms with van der Waals surface area (Å²) in [6.45, 7) is 1.65. The van der Waals surface area contributed by atoms with Gasteiger partial charge in [0.1, 0.15) is 29.3 Å². The zero-order chi connectivity index (χ0) is 19.3. The molecule has 2 heterocycles. The molecule has 0 spiro atoms. The second-order valence-corrected chi connectivity index (χ2v) is 6.59. The molecule has 0 bridgehead atoms. The maximum absolute atomic E-state index is 12.7. The van der Waals surface area contributed by atoms with Gasteiger partial charge < -0.3 is 21.1 Å². The fraction of sp³-hybridized carbons (Fsp3) is 0.190. The van der Waals surface area contributed by atoms with Crippen LogP contribution in [0.2, 0.25) is 0 Å². The molecule has 0 aliphatic carbocycles. The van der Waals surface area contributed by atoms with Crippen molar-refractivity contribution in [3.05, 3.63) is 66.6 Å². The summed E-state index contributed by atoms with van der Waals surface area (Å²) in [5, 5.41) is 6.23. The van der Waals surface area contributed by atoms with Crippen molar-refractivity contribution in [1.82, 2.24) is 20.6 Å². The molecule has 1 atom stereocenters. The molecule has 28 heavy (non-hydrogen) atoms. The molecule has 3 aromatic rings. The van der Waals surface area contributed by atoms with Gasteiger partial charge in [0.15, 0.2) is 0 Å². The number of nitrogens with two attached hydrogens (primary N) is 1. The predicted molar refractivity (Wildman–Crippen MR) is 107 cm³/mol. The minimum atomic E-state index is -0.248. The van der Waals surface area contributed by atoms with Crippen LogP contribution in [0.15, 0.2) is 60.9 Å². The van der Waals surface area contributed by atoms with Crippen molar-refractivity contribution in [1.29, 1.82) is 0 Å². The number of aromatic nitrogens is 2. The Morgan fingerprint density at radius 1 is 1.07 bits per heavy atom. The SMILES string of the molecule is Nc1ncnc(C(=O)NC2CCNC2)c1-c1ccc(Oc2ccccc2)cc1. The molecule has 4 rings (SSSR count). The first-order valence-corrected chi connectivity index (χ1v) is 9.16. The van der Waals surface area contributed by atoms with Crippen LogP contribution in [0.1, 0.15) is 16.9 Å². The number of nitrogens with one attached hydrogen (secondary N) is 2. The van der Waals surface area contributed by atoms with Gasteiger partial charge in [-0.3, -0.25) is 4.79 Å². The first kappa shape index (κ1) is 17.9. The molecule has 142 valence electrons. The molecule has 1 saturated heterocycles. The fourth-order valence-corrected chi connectivity index (χ4v) is 3.20. The smallest absolute Gasteiger partial charge is 0.270 e. The van der Waals surface area contributed by atoms with Gasteiger partial charge in [0.25, 0.3) is 5.91 Å². The molecule has 1 unspecified atom stereocenters. The molecule has 0 radical (unpaired) electrons. The second-order valence-electron chi connectivity index (χ2n) is 6.59. The molecule has 1 aromatic heterocycles. The number of ether oxygens (including phenoxy) is 1. The Morgan fingerprint density at radius 3 is 2.54 bits per heavy atom. The molecule has 1 aliphatic rings. The number of hydrogen-bond acceptors (Lipinski definition) is 6. The second kappa shape index (κ2) is 8.06. The Morgan fingerprint density at radius 2 is 1.82 bits per heavy atom. The average Bonchev–Trinajstić information content (AvgIpc) is 3.22. The van der Waals surface area contributed by atoms with Crippen LogP contribution >= 0.6 is 0 Å². The Bertz CT molecular complexity index is 954. The number of hydrogen-bond donors (Lipinski definition) is 3. The number of benzene rings is 2. The van der Waals surface area contributed by atoms with Gasteiger partial charge in [-0.05, 0) is 42.8 Å². The maximum Gasteiger partial charge on any atom is 0.270 e. The third-order valence-electron chi connectivity index (χ3n) is 4.61. The van der Waals surface area contributed by atoms with Gasteiger partial charge in [-0.2, -0.15) is 0 Å². The Balaban J connectivity index is 1.58. The van der Waals surface area contributed by atoms with Crippen molar-refractivity contribution in [2.24, 2.45) is 0 Å². The van der Waals surface area contributed by atoms with E-state index < -0.39 is 0 Å². The Hall–Kier alpha value is -3.45. The summed E-state index contributed by atoms with van der Waals surface area (Å²) >= 11 is 0. The van der Waals surface area contributed by atoms with Gasteiger partial charge in [0.2, 0.25) is 0 Å². The van der Waals surface area contributed by atoms with E-state index in [1.807, 2.05) is 54.6 Å². The van der Waals surface area contributed by atoms with E-state index in [2.05, 4.69) is 20.6 Å². The van der Waals surface area contributed by atoms with Gasteiger partial charge in [-0.15, -0.1) is 0 Å². The van der Waals surface area contributed by atoms with Crippen molar-refractivity contribution < 1.29 is 9.53 Å². The van der Waals surface area contributed by atoms with Crippen LogP contribution in [0.5, 0.6) is 11.5 Å². The Kier molecular flexibility index (Phi) is 5.16. The minimum Gasteiger partial charge on any atom is -0.457 e. The molecule has 7 nitrogen and oxygen atoms in total. The van der Waals surface area contributed by atoms with Crippen molar-refractivity contribution >= 4 is 11.7 Å². The number of anilines is 1. The lowest BCUT2D eigenvalue weighted by Crippen LogP contribution is -2.37. The third kappa shape index (κ3) is 3.94. The van der Waals surface area contributed by atoms with E-state index in [0.29, 0.717) is 11.3 Å². The van der Waals surface area contributed by atoms with Gasteiger partial charge in [-0.1, -0.05) is 30.3 Å². The average molecular weight is 375 g/mol. The molecule has 1 fully saturated rings. The monoisotopic (exact) mass is 375 g/mol. The summed E-state index contributed by atoms with van der Waals surface area (Å²) in [7, 11) is 0. The lowest BCUT2D eigenvalue weighted by Gasteiger charge is -2.14. The number of carbonyl (C=O) groups is 1. The normalized spacial score (nSPS) is 15.9. The third-order valence-corrected chi connectivity index (χ3v) is 4.61. The largest absolute Gasteiger partial charge is 0.457 e. The summed E-state index contributed by atoms with van der Waals surface area (Å²) in [5.41, 5.74) is 7.64. The van der Waals surface area contributed by atoms with Crippen LogP contribution < -0.4 is 21.1 Å². The van der Waals surface area contributed by atoms with Crippen LogP contribution in [0, 0.1) is 0 Å². The molecule has 4 N–H and O–H groups in total. The van der Waals surface area contributed by atoms with Gasteiger partial charge in [0, 0.05) is 12.6 Å². The number of nitrogen functional groups attached to an aromatic ring is 1. The number of para-hydroxylation sites is 1. The van der Waals surface area contributed by atoms with E-state index in [9.17, 15) is 4.79 Å². The number of nitrogens with zero attached hydrogens (tertiary/aromatic N) is 2. The summed E-state index contributed by atoms with van der Waals surface area (Å²) in [6, 6.07) is 17.0. The fourth-order valence-electron chi connectivity index (χ4n) is 3.20. The highest BCUT2D eigenvalue weighted by atomic mass is 16.5. The van der Waals surface area contributed by atoms with Crippen molar-refractivity contribution in [3.63, 3.8) is 0 Å². The zero-order valence-electron chi connectivity index (χ0n) is 15.3. The van der Waals surface area contributed by atoms with Crippen LogP contribution in [0.3, 0.4) is 0 Å². The number of rotatable bonds is 5. The molecular formula is C21H21N5O2. The van der Waals surface area contributed by atoms with Crippen molar-refractivity contribution in [3.8, 4) is 22.6 Å². The molecule has 2 aromatic carbocycles. The summed E-state index contributed by atoms with van der Waals surface area (Å²) < 4.78 is 5.82. The van der Waals surface area contributed by atoms with Gasteiger partial charge in [-0.25, -0.2) is 9.97 Å². The van der Waals surface area contributed by atoms with E-state index in [-0.39, 0.29) is 23.5 Å². The highest BCUT2D eigenvalue weighted by Gasteiger charge is 2.22. The highest BCUT2D eigenvalue weighted by molar-refractivity contribution is 6.01. The number of amides is 1. The lowest BCUT2D eigenvalue weighted by atomic mass is 10.0. The quantitative estimate of drug-likeness (QED) is 0.634. The highest BCUT2D eigenvalue weighted by Crippen LogP contribution is 2.30. The van der Waals surface area contributed by atoms with Crippen LogP contribution in [-0.2, 0) is 0 Å². The number of carbonyl (C=O) groups excluding carboxylic acids is 1. The predicted octanol–water partition coefficient (Wildman–Crippen LogP) is 2.61. The van der Waals surface area contributed by atoms with Crippen LogP contribution in [-0.4, -0.2) is 35.0 Å². The molecule has 7 heteroatoms. The van der Waals surface area contributed by atoms with E-state index in [0.717, 1.165) is 30.8 Å². The van der Waals surface area contributed by atoms with E-state index in [4.69, 9.17) is 10.5 Å². The van der Waals surface area contributed by atoms with Crippen molar-refractivity contribution in [2.75, 3.05) is 18.8 Å². The Labute approximate surface area is 163 Å². The molecule has 1 aliphatic heterocycles. The van der Waals surface area contributed by atoms with Crippen LogP contribution in [0.25, 0.3) is 11.1 Å². The van der Waals surface area contributed by atoms with E-state index >= 15 is 0 Å². The molecule has 0 saturated carbocycles. The molecule has 1 amide bonds. The summed E-state index contributed by atoms with van der Waals surface area (Å²) in [4.78, 5) is 21.0. The summed E-state index contributed by atoms with van der Waals surface area (Å²) in [5.74, 6) is 1.46. The first-order valence-electron chi connectivity index (χ1n) is 9.16. The standard InChI is InChI=1S/C21H21N5O2/c22-20-18(19(24-13-25-20)21(27)26-15-10-11-23-12-15)14-6-8-17(9-7-14)28-16-4-2-1-3-5-16/h1-9,13,15,23H,10-12H2,(H,26,27)(H2,22,24,25). The van der Waals surface area contributed by atoms with Gasteiger partial charge >= 0.3 is 0 Å². The first-order chi connectivity index (χ1) is 13.7. The van der Waals surface area contributed by atoms with E-state index in [1.165, 1.54) is 6.33 Å². The van der Waals surface area contributed by atoms with Gasteiger partial charge in [0.05, 0.1) is 5.56 Å². The zero-order valence-corrected chi connectivity index (χ0v) is 15.3. The lowest BCUT2D eigenvalue weighted by molar-refractivity contribution is 0.0935. The minimum absolute atomic E-state index is 0.0955. The topological polar surface area (TPSA) is 102 Å². The maximum atomic E-state index is 12.7.